The molecule has 4 heteroatoms. The third-order valence-corrected chi connectivity index (χ3v) is 3.73. The Morgan fingerprint density at radius 1 is 1.44 bits per heavy atom. The van der Waals surface area contributed by atoms with Crippen molar-refractivity contribution in [3.63, 3.8) is 0 Å². The van der Waals surface area contributed by atoms with E-state index in [0.717, 1.165) is 17.9 Å². The van der Waals surface area contributed by atoms with Gasteiger partial charge in [0.2, 0.25) is 0 Å². The van der Waals surface area contributed by atoms with Crippen LogP contribution in [0.25, 0.3) is 0 Å². The molecular formula is C14H21NO2S. The summed E-state index contributed by atoms with van der Waals surface area (Å²) in [4.78, 5) is 11.4. The zero-order valence-corrected chi connectivity index (χ0v) is 11.8. The molecule has 0 bridgehead atoms. The second kappa shape index (κ2) is 8.16. The number of ketones is 1. The normalized spacial score (nSPS) is 12.2. The van der Waals surface area contributed by atoms with Gasteiger partial charge in [-0.25, -0.2) is 0 Å². The van der Waals surface area contributed by atoms with Gasteiger partial charge in [-0.2, -0.15) is 11.8 Å². The Bertz CT molecular complexity index is 382. The standard InChI is InChI=1S/C14H21NO2S/c1-3-12(15)10-18-9-8-17-14-7-5-4-6-13(14)11(2)16/h4-7,12H,3,8-10,15H2,1-2H3. The number of nitrogens with two attached hydrogens (primary N) is 1. The van der Waals surface area contributed by atoms with Crippen molar-refractivity contribution >= 4 is 17.5 Å². The van der Waals surface area contributed by atoms with Crippen molar-refractivity contribution in [2.24, 2.45) is 5.73 Å². The topological polar surface area (TPSA) is 52.3 Å². The Morgan fingerprint density at radius 3 is 2.83 bits per heavy atom. The van der Waals surface area contributed by atoms with Crippen LogP contribution >= 0.6 is 11.8 Å². The molecule has 0 aliphatic heterocycles. The van der Waals surface area contributed by atoms with Gasteiger partial charge >= 0.3 is 0 Å². The molecule has 0 fully saturated rings. The predicted molar refractivity (Wildman–Crippen MR) is 77.5 cm³/mol. The van der Waals surface area contributed by atoms with Gasteiger partial charge in [0.05, 0.1) is 12.2 Å². The summed E-state index contributed by atoms with van der Waals surface area (Å²) < 4.78 is 5.63. The molecule has 0 saturated heterocycles. The molecule has 0 spiro atoms. The highest BCUT2D eigenvalue weighted by Gasteiger charge is 2.07. The molecule has 0 saturated carbocycles. The number of benzene rings is 1. The van der Waals surface area contributed by atoms with Crippen LogP contribution in [0.15, 0.2) is 24.3 Å². The number of hydrogen-bond donors (Lipinski definition) is 1. The van der Waals surface area contributed by atoms with Gasteiger partial charge in [0.15, 0.2) is 5.78 Å². The fourth-order valence-corrected chi connectivity index (χ4v) is 2.35. The second-order valence-electron chi connectivity index (χ2n) is 4.14. The lowest BCUT2D eigenvalue weighted by Crippen LogP contribution is -2.21. The molecule has 1 aromatic carbocycles. The molecule has 0 aliphatic rings. The van der Waals surface area contributed by atoms with Gasteiger partial charge in [-0.05, 0) is 25.5 Å². The van der Waals surface area contributed by atoms with E-state index in [1.165, 1.54) is 0 Å². The van der Waals surface area contributed by atoms with Gasteiger partial charge in [-0.1, -0.05) is 19.1 Å². The third kappa shape index (κ3) is 5.10. The van der Waals surface area contributed by atoms with Crippen LogP contribution in [0.3, 0.4) is 0 Å². The number of Topliss-reactive ketones (excluding diaryl/α,β-unsaturated/α-hetero) is 1. The molecule has 1 aromatic rings. The SMILES string of the molecule is CCC(N)CSCCOc1ccccc1C(C)=O. The highest BCUT2D eigenvalue weighted by Crippen LogP contribution is 2.18. The van der Waals surface area contributed by atoms with Crippen LogP contribution in [-0.2, 0) is 0 Å². The molecule has 0 heterocycles. The number of carbonyl (C=O) groups is 1. The summed E-state index contributed by atoms with van der Waals surface area (Å²) in [6, 6.07) is 7.61. The van der Waals surface area contributed by atoms with Gasteiger partial charge in [-0.15, -0.1) is 0 Å². The molecule has 0 radical (unpaired) electrons. The Balaban J connectivity index is 2.33. The Hall–Kier alpha value is -1.00. The van der Waals surface area contributed by atoms with E-state index in [2.05, 4.69) is 6.92 Å². The first-order valence-electron chi connectivity index (χ1n) is 6.21. The van der Waals surface area contributed by atoms with E-state index < -0.39 is 0 Å². The second-order valence-corrected chi connectivity index (χ2v) is 5.29. The van der Waals surface area contributed by atoms with Crippen molar-refractivity contribution in [3.8, 4) is 5.75 Å². The smallest absolute Gasteiger partial charge is 0.163 e. The third-order valence-electron chi connectivity index (χ3n) is 2.61. The van der Waals surface area contributed by atoms with Crippen LogP contribution in [0.1, 0.15) is 30.6 Å². The van der Waals surface area contributed by atoms with E-state index in [1.807, 2.05) is 18.2 Å². The van der Waals surface area contributed by atoms with E-state index >= 15 is 0 Å². The number of ether oxygens (including phenoxy) is 1. The summed E-state index contributed by atoms with van der Waals surface area (Å²) in [5.41, 5.74) is 6.47. The minimum absolute atomic E-state index is 0.0336. The first kappa shape index (κ1) is 15.1. The van der Waals surface area contributed by atoms with Crippen LogP contribution in [0.5, 0.6) is 5.75 Å². The number of rotatable bonds is 8. The van der Waals surface area contributed by atoms with Crippen molar-refractivity contribution in [2.75, 3.05) is 18.1 Å². The maximum atomic E-state index is 11.4. The molecule has 100 valence electrons. The minimum Gasteiger partial charge on any atom is -0.492 e. The molecule has 0 amide bonds. The first-order chi connectivity index (χ1) is 8.65. The van der Waals surface area contributed by atoms with Gasteiger partial charge in [-0.3, -0.25) is 4.79 Å². The molecule has 1 unspecified atom stereocenters. The van der Waals surface area contributed by atoms with Crippen molar-refractivity contribution in [1.82, 2.24) is 0 Å². The van der Waals surface area contributed by atoms with Crippen molar-refractivity contribution in [2.45, 2.75) is 26.3 Å². The summed E-state index contributed by atoms with van der Waals surface area (Å²) in [6.45, 7) is 4.24. The van der Waals surface area contributed by atoms with E-state index in [-0.39, 0.29) is 11.8 Å². The van der Waals surface area contributed by atoms with Gasteiger partial charge in [0, 0.05) is 17.5 Å². The predicted octanol–water partition coefficient (Wildman–Crippen LogP) is 2.74. The Labute approximate surface area is 113 Å². The average molecular weight is 267 g/mol. The first-order valence-corrected chi connectivity index (χ1v) is 7.36. The highest BCUT2D eigenvalue weighted by molar-refractivity contribution is 7.99. The summed E-state index contributed by atoms with van der Waals surface area (Å²) in [7, 11) is 0. The van der Waals surface area contributed by atoms with Crippen LogP contribution in [0.2, 0.25) is 0 Å². The summed E-state index contributed by atoms with van der Waals surface area (Å²) in [5, 5.41) is 0. The van der Waals surface area contributed by atoms with Crippen molar-refractivity contribution in [3.05, 3.63) is 29.8 Å². The van der Waals surface area contributed by atoms with Gasteiger partial charge < -0.3 is 10.5 Å². The maximum absolute atomic E-state index is 11.4. The lowest BCUT2D eigenvalue weighted by molar-refractivity contribution is 0.101. The molecule has 0 aromatic heterocycles. The maximum Gasteiger partial charge on any atom is 0.163 e. The molecular weight excluding hydrogens is 246 g/mol. The highest BCUT2D eigenvalue weighted by atomic mass is 32.2. The summed E-state index contributed by atoms with van der Waals surface area (Å²) >= 11 is 1.78. The molecule has 0 aliphatic carbocycles. The summed E-state index contributed by atoms with van der Waals surface area (Å²) in [6.07, 6.45) is 1.00. The lowest BCUT2D eigenvalue weighted by atomic mass is 10.1. The molecule has 1 rings (SSSR count). The zero-order chi connectivity index (χ0) is 13.4. The number of para-hydroxylation sites is 1. The molecule has 2 N–H and O–H groups in total. The monoisotopic (exact) mass is 267 g/mol. The fraction of sp³-hybridized carbons (Fsp3) is 0.500. The van der Waals surface area contributed by atoms with Crippen LogP contribution in [0.4, 0.5) is 0 Å². The van der Waals surface area contributed by atoms with Gasteiger partial charge in [0.25, 0.3) is 0 Å². The molecule has 3 nitrogen and oxygen atoms in total. The Kier molecular flexibility index (Phi) is 6.83. The molecule has 1 atom stereocenters. The van der Waals surface area contributed by atoms with E-state index in [9.17, 15) is 4.79 Å². The van der Waals surface area contributed by atoms with E-state index in [4.69, 9.17) is 10.5 Å². The number of hydrogen-bond acceptors (Lipinski definition) is 4. The quantitative estimate of drug-likeness (QED) is 0.581. The van der Waals surface area contributed by atoms with E-state index in [1.54, 1.807) is 24.8 Å². The van der Waals surface area contributed by atoms with E-state index in [0.29, 0.717) is 17.9 Å². The lowest BCUT2D eigenvalue weighted by Gasteiger charge is -2.10. The fourth-order valence-electron chi connectivity index (χ4n) is 1.45. The Morgan fingerprint density at radius 2 is 2.17 bits per heavy atom. The van der Waals surface area contributed by atoms with Crippen molar-refractivity contribution < 1.29 is 9.53 Å². The van der Waals surface area contributed by atoms with Gasteiger partial charge in [0.1, 0.15) is 5.75 Å². The zero-order valence-electron chi connectivity index (χ0n) is 11.0. The van der Waals surface area contributed by atoms with Crippen molar-refractivity contribution in [1.29, 1.82) is 0 Å². The largest absolute Gasteiger partial charge is 0.492 e. The van der Waals surface area contributed by atoms with Crippen LogP contribution < -0.4 is 10.5 Å². The van der Waals surface area contributed by atoms with Crippen LogP contribution in [0, 0.1) is 0 Å². The average Bonchev–Trinajstić information content (AvgIpc) is 2.38. The molecule has 18 heavy (non-hydrogen) atoms. The number of carbonyl (C=O) groups excluding carboxylic acids is 1. The summed E-state index contributed by atoms with van der Waals surface area (Å²) in [5.74, 6) is 2.55. The number of thioether (sulfide) groups is 1. The van der Waals surface area contributed by atoms with Crippen LogP contribution in [-0.4, -0.2) is 29.9 Å². The minimum atomic E-state index is 0.0336.